The SMILES string of the molecule is CCCCC[C@@H](C)NC(=O)c1ccccc1S(C)(=O)=O. The summed E-state index contributed by atoms with van der Waals surface area (Å²) in [6, 6.07) is 6.35. The number of nitrogens with one attached hydrogen (secondary N) is 1. The molecule has 0 aliphatic rings. The number of hydrogen-bond donors (Lipinski definition) is 1. The maximum absolute atomic E-state index is 12.2. The number of rotatable bonds is 7. The van der Waals surface area contributed by atoms with Gasteiger partial charge in [-0.15, -0.1) is 0 Å². The third-order valence-electron chi connectivity index (χ3n) is 3.15. The molecular formula is C15H23NO3S. The van der Waals surface area contributed by atoms with E-state index >= 15 is 0 Å². The van der Waals surface area contributed by atoms with Crippen LogP contribution >= 0.6 is 0 Å². The molecule has 0 bridgehead atoms. The molecule has 0 radical (unpaired) electrons. The molecule has 1 aromatic carbocycles. The van der Waals surface area contributed by atoms with Crippen molar-refractivity contribution in [3.8, 4) is 0 Å². The number of hydrogen-bond acceptors (Lipinski definition) is 3. The molecule has 112 valence electrons. The van der Waals surface area contributed by atoms with E-state index in [1.807, 2.05) is 6.92 Å². The highest BCUT2D eigenvalue weighted by molar-refractivity contribution is 7.90. The molecule has 1 aromatic rings. The zero-order valence-corrected chi connectivity index (χ0v) is 13.2. The van der Waals surface area contributed by atoms with E-state index in [9.17, 15) is 13.2 Å². The highest BCUT2D eigenvalue weighted by atomic mass is 32.2. The quantitative estimate of drug-likeness (QED) is 0.787. The molecule has 0 saturated carbocycles. The summed E-state index contributed by atoms with van der Waals surface area (Å²) in [6.45, 7) is 4.07. The standard InChI is InChI=1S/C15H23NO3S/c1-4-5-6-9-12(2)16-15(17)13-10-7-8-11-14(13)20(3,18)19/h7-8,10-12H,4-6,9H2,1-3H3,(H,16,17)/t12-/m1/s1. The Morgan fingerprint density at radius 3 is 2.50 bits per heavy atom. The van der Waals surface area contributed by atoms with Crippen molar-refractivity contribution in [2.45, 2.75) is 50.5 Å². The highest BCUT2D eigenvalue weighted by Crippen LogP contribution is 2.15. The molecular weight excluding hydrogens is 274 g/mol. The molecule has 1 amide bonds. The molecule has 20 heavy (non-hydrogen) atoms. The summed E-state index contributed by atoms with van der Waals surface area (Å²) in [7, 11) is -3.40. The Balaban J connectivity index is 2.78. The summed E-state index contributed by atoms with van der Waals surface area (Å²) < 4.78 is 23.3. The Kier molecular flexibility index (Phi) is 6.20. The number of carbonyl (C=O) groups is 1. The molecule has 0 aliphatic carbocycles. The number of unbranched alkanes of at least 4 members (excludes halogenated alkanes) is 2. The van der Waals surface area contributed by atoms with Gasteiger partial charge in [0.1, 0.15) is 0 Å². The van der Waals surface area contributed by atoms with Crippen LogP contribution in [0.1, 0.15) is 49.9 Å². The molecule has 1 atom stereocenters. The number of carbonyl (C=O) groups excluding carboxylic acids is 1. The van der Waals surface area contributed by atoms with Crippen molar-refractivity contribution in [2.24, 2.45) is 0 Å². The predicted molar refractivity (Wildman–Crippen MR) is 80.6 cm³/mol. The smallest absolute Gasteiger partial charge is 0.252 e. The van der Waals surface area contributed by atoms with Gasteiger partial charge in [0.25, 0.3) is 5.91 Å². The molecule has 0 aromatic heterocycles. The van der Waals surface area contributed by atoms with Crippen LogP contribution in [0.3, 0.4) is 0 Å². The minimum atomic E-state index is -3.40. The topological polar surface area (TPSA) is 63.2 Å². The number of benzene rings is 1. The van der Waals surface area contributed by atoms with Gasteiger partial charge in [-0.25, -0.2) is 8.42 Å². The predicted octanol–water partition coefficient (Wildman–Crippen LogP) is 2.79. The number of amides is 1. The van der Waals surface area contributed by atoms with Gasteiger partial charge in [-0.05, 0) is 25.5 Å². The van der Waals surface area contributed by atoms with Crippen LogP contribution in [0.4, 0.5) is 0 Å². The van der Waals surface area contributed by atoms with Crippen LogP contribution in [-0.4, -0.2) is 26.6 Å². The first-order valence-electron chi connectivity index (χ1n) is 6.96. The monoisotopic (exact) mass is 297 g/mol. The fourth-order valence-electron chi connectivity index (χ4n) is 2.05. The minimum Gasteiger partial charge on any atom is -0.350 e. The molecule has 1 rings (SSSR count). The lowest BCUT2D eigenvalue weighted by molar-refractivity contribution is 0.0934. The summed E-state index contributed by atoms with van der Waals surface area (Å²) in [5, 5.41) is 2.86. The first-order chi connectivity index (χ1) is 9.36. The summed E-state index contributed by atoms with van der Waals surface area (Å²) in [5.41, 5.74) is 0.220. The lowest BCUT2D eigenvalue weighted by atomic mass is 10.1. The van der Waals surface area contributed by atoms with Crippen molar-refractivity contribution in [3.05, 3.63) is 29.8 Å². The van der Waals surface area contributed by atoms with Crippen molar-refractivity contribution >= 4 is 15.7 Å². The van der Waals surface area contributed by atoms with Crippen molar-refractivity contribution in [3.63, 3.8) is 0 Å². The summed E-state index contributed by atoms with van der Waals surface area (Å²) >= 11 is 0. The van der Waals surface area contributed by atoms with E-state index in [4.69, 9.17) is 0 Å². The normalized spacial score (nSPS) is 12.9. The third-order valence-corrected chi connectivity index (χ3v) is 4.30. The van der Waals surface area contributed by atoms with Gasteiger partial charge in [0, 0.05) is 12.3 Å². The Hall–Kier alpha value is -1.36. The van der Waals surface area contributed by atoms with Crippen LogP contribution in [0.15, 0.2) is 29.2 Å². The van der Waals surface area contributed by atoms with E-state index in [0.29, 0.717) is 0 Å². The van der Waals surface area contributed by atoms with E-state index in [-0.39, 0.29) is 22.4 Å². The van der Waals surface area contributed by atoms with E-state index < -0.39 is 9.84 Å². The molecule has 1 N–H and O–H groups in total. The fraction of sp³-hybridized carbons (Fsp3) is 0.533. The molecule has 0 unspecified atom stereocenters. The first kappa shape index (κ1) is 16.7. The second-order valence-electron chi connectivity index (χ2n) is 5.14. The van der Waals surface area contributed by atoms with Gasteiger partial charge in [-0.3, -0.25) is 4.79 Å². The van der Waals surface area contributed by atoms with Crippen LogP contribution in [-0.2, 0) is 9.84 Å². The van der Waals surface area contributed by atoms with Crippen molar-refractivity contribution in [2.75, 3.05) is 6.26 Å². The van der Waals surface area contributed by atoms with E-state index in [1.165, 1.54) is 6.07 Å². The first-order valence-corrected chi connectivity index (χ1v) is 8.85. The maximum Gasteiger partial charge on any atom is 0.252 e. The van der Waals surface area contributed by atoms with E-state index in [2.05, 4.69) is 12.2 Å². The van der Waals surface area contributed by atoms with Gasteiger partial charge in [0.05, 0.1) is 10.5 Å². The molecule has 5 heteroatoms. The van der Waals surface area contributed by atoms with E-state index in [0.717, 1.165) is 31.9 Å². The van der Waals surface area contributed by atoms with Crippen molar-refractivity contribution in [1.82, 2.24) is 5.32 Å². The van der Waals surface area contributed by atoms with Crippen LogP contribution in [0.25, 0.3) is 0 Å². The molecule has 0 spiro atoms. The van der Waals surface area contributed by atoms with Crippen LogP contribution in [0.5, 0.6) is 0 Å². The molecule has 4 nitrogen and oxygen atoms in total. The summed E-state index contributed by atoms with van der Waals surface area (Å²) in [5.74, 6) is -0.324. The van der Waals surface area contributed by atoms with Gasteiger partial charge >= 0.3 is 0 Å². The van der Waals surface area contributed by atoms with Gasteiger partial charge in [-0.1, -0.05) is 38.3 Å². The second kappa shape index (κ2) is 7.43. The van der Waals surface area contributed by atoms with Crippen molar-refractivity contribution in [1.29, 1.82) is 0 Å². The Labute approximate surface area is 121 Å². The maximum atomic E-state index is 12.2. The molecule has 0 aliphatic heterocycles. The van der Waals surface area contributed by atoms with Gasteiger partial charge in [0.15, 0.2) is 9.84 Å². The Bertz CT molecular complexity index is 552. The lowest BCUT2D eigenvalue weighted by Gasteiger charge is -2.15. The van der Waals surface area contributed by atoms with Gasteiger partial charge in [0.2, 0.25) is 0 Å². The van der Waals surface area contributed by atoms with Crippen molar-refractivity contribution < 1.29 is 13.2 Å². The average molecular weight is 297 g/mol. The second-order valence-corrected chi connectivity index (χ2v) is 7.12. The van der Waals surface area contributed by atoms with Gasteiger partial charge < -0.3 is 5.32 Å². The van der Waals surface area contributed by atoms with Crippen LogP contribution < -0.4 is 5.32 Å². The molecule has 0 heterocycles. The highest BCUT2D eigenvalue weighted by Gasteiger charge is 2.19. The fourth-order valence-corrected chi connectivity index (χ4v) is 2.94. The minimum absolute atomic E-state index is 0.0432. The lowest BCUT2D eigenvalue weighted by Crippen LogP contribution is -2.33. The van der Waals surface area contributed by atoms with Crippen LogP contribution in [0, 0.1) is 0 Å². The zero-order chi connectivity index (χ0) is 15.2. The van der Waals surface area contributed by atoms with E-state index in [1.54, 1.807) is 18.2 Å². The average Bonchev–Trinajstić information content (AvgIpc) is 2.38. The Morgan fingerprint density at radius 2 is 1.90 bits per heavy atom. The Morgan fingerprint density at radius 1 is 1.25 bits per heavy atom. The van der Waals surface area contributed by atoms with Gasteiger partial charge in [-0.2, -0.15) is 0 Å². The largest absolute Gasteiger partial charge is 0.350 e. The summed E-state index contributed by atoms with van der Waals surface area (Å²) in [6.07, 6.45) is 5.35. The number of sulfone groups is 1. The molecule has 0 saturated heterocycles. The zero-order valence-electron chi connectivity index (χ0n) is 12.3. The third kappa shape index (κ3) is 4.96. The summed E-state index contributed by atoms with van der Waals surface area (Å²) in [4.78, 5) is 12.3. The molecule has 0 fully saturated rings. The van der Waals surface area contributed by atoms with Crippen LogP contribution in [0.2, 0.25) is 0 Å².